The monoisotopic (exact) mass is 501 g/mol. The van der Waals surface area contributed by atoms with E-state index in [1.54, 1.807) is 17.8 Å². The molecule has 37 heavy (non-hydrogen) atoms. The van der Waals surface area contributed by atoms with Crippen molar-refractivity contribution in [3.8, 4) is 22.8 Å². The molecule has 1 fully saturated rings. The Morgan fingerprint density at radius 1 is 1.11 bits per heavy atom. The first-order valence-corrected chi connectivity index (χ1v) is 13.3. The minimum absolute atomic E-state index is 0.0500. The van der Waals surface area contributed by atoms with E-state index in [9.17, 15) is 4.79 Å². The van der Waals surface area contributed by atoms with Crippen LogP contribution in [0.15, 0.2) is 41.5 Å². The van der Waals surface area contributed by atoms with Gasteiger partial charge in [0.05, 0.1) is 40.8 Å². The van der Waals surface area contributed by atoms with Gasteiger partial charge in [-0.1, -0.05) is 13.8 Å². The van der Waals surface area contributed by atoms with Crippen LogP contribution >= 0.6 is 0 Å². The molecular formula is C29H35N5O3. The summed E-state index contributed by atoms with van der Waals surface area (Å²) in [6.45, 7) is 11.2. The van der Waals surface area contributed by atoms with E-state index in [0.717, 1.165) is 51.8 Å². The number of likely N-dealkylation sites (tertiary alicyclic amines) is 1. The Bertz CT molecular complexity index is 1510. The van der Waals surface area contributed by atoms with Crippen LogP contribution in [0.2, 0.25) is 0 Å². The van der Waals surface area contributed by atoms with Crippen molar-refractivity contribution in [2.45, 2.75) is 46.1 Å². The average Bonchev–Trinajstić information content (AvgIpc) is 3.05. The summed E-state index contributed by atoms with van der Waals surface area (Å²) in [6.07, 6.45) is 7.13. The smallest absolute Gasteiger partial charge is 0.329 e. The number of rotatable bonds is 6. The third kappa shape index (κ3) is 4.27. The molecule has 0 aliphatic carbocycles. The first-order chi connectivity index (χ1) is 17.8. The van der Waals surface area contributed by atoms with E-state index in [1.807, 2.05) is 42.0 Å². The van der Waals surface area contributed by atoms with E-state index < -0.39 is 0 Å². The van der Waals surface area contributed by atoms with Crippen LogP contribution in [0.1, 0.15) is 46.1 Å². The molecule has 0 radical (unpaired) electrons. The Hall–Kier alpha value is -3.39. The van der Waals surface area contributed by atoms with Gasteiger partial charge in [-0.25, -0.2) is 9.78 Å². The molecule has 3 aromatic heterocycles. The Morgan fingerprint density at radius 2 is 1.92 bits per heavy atom. The van der Waals surface area contributed by atoms with Gasteiger partial charge in [-0.2, -0.15) is 0 Å². The predicted molar refractivity (Wildman–Crippen MR) is 145 cm³/mol. The molecule has 0 saturated carbocycles. The molecule has 0 unspecified atom stereocenters. The molecule has 0 amide bonds. The number of nitrogens with zero attached hydrogens (tertiary/aromatic N) is 5. The normalized spacial score (nSPS) is 19.3. The second kappa shape index (κ2) is 9.17. The lowest BCUT2D eigenvalue weighted by atomic mass is 9.83. The van der Waals surface area contributed by atoms with Gasteiger partial charge in [0.15, 0.2) is 0 Å². The lowest BCUT2D eigenvalue weighted by molar-refractivity contribution is 0.125. The molecule has 1 aromatic carbocycles. The molecule has 4 aromatic rings. The van der Waals surface area contributed by atoms with Crippen molar-refractivity contribution < 1.29 is 9.47 Å². The van der Waals surface area contributed by atoms with Gasteiger partial charge in [0.1, 0.15) is 12.4 Å². The van der Waals surface area contributed by atoms with E-state index in [-0.39, 0.29) is 11.7 Å². The van der Waals surface area contributed by atoms with Crippen LogP contribution in [0.5, 0.6) is 11.6 Å². The van der Waals surface area contributed by atoms with E-state index in [2.05, 4.69) is 28.7 Å². The molecule has 8 heteroatoms. The molecule has 1 saturated heterocycles. The summed E-state index contributed by atoms with van der Waals surface area (Å²) in [7, 11) is 1.79. The highest BCUT2D eigenvalue weighted by Crippen LogP contribution is 2.42. The summed E-state index contributed by atoms with van der Waals surface area (Å²) in [4.78, 5) is 24.7. The Morgan fingerprint density at radius 3 is 2.68 bits per heavy atom. The summed E-state index contributed by atoms with van der Waals surface area (Å²) >= 11 is 0. The summed E-state index contributed by atoms with van der Waals surface area (Å²) in [5.74, 6) is 1.38. The van der Waals surface area contributed by atoms with Crippen LogP contribution in [-0.2, 0) is 7.05 Å². The maximum absolute atomic E-state index is 13.0. The molecule has 8 nitrogen and oxygen atoms in total. The number of pyridine rings is 2. The van der Waals surface area contributed by atoms with Crippen molar-refractivity contribution >= 4 is 21.9 Å². The van der Waals surface area contributed by atoms with Crippen LogP contribution in [0.4, 0.5) is 0 Å². The highest BCUT2D eigenvalue weighted by Gasteiger charge is 2.27. The van der Waals surface area contributed by atoms with Crippen molar-refractivity contribution in [3.05, 3.63) is 47.1 Å². The topological polar surface area (TPSA) is 74.4 Å². The molecule has 0 bridgehead atoms. The Kier molecular flexibility index (Phi) is 5.94. The lowest BCUT2D eigenvalue weighted by Crippen LogP contribution is -2.38. The van der Waals surface area contributed by atoms with Crippen molar-refractivity contribution in [1.29, 1.82) is 0 Å². The van der Waals surface area contributed by atoms with Gasteiger partial charge in [-0.3, -0.25) is 14.1 Å². The average molecular weight is 502 g/mol. The fourth-order valence-electron chi connectivity index (χ4n) is 5.61. The predicted octanol–water partition coefficient (Wildman–Crippen LogP) is 4.79. The summed E-state index contributed by atoms with van der Waals surface area (Å²) < 4.78 is 15.8. The standard InChI is InChI=1S/C29H35N5O3/c1-19-18-37-27-21(7-8-22-25(27)26-23(17-30-22)32(4)28(35)34(19)26)20-6-9-24(31-16-20)36-15-5-12-33-13-10-29(2,3)11-14-33/h6-9,16-17,19H,5,10-15,18H2,1-4H3/t19-/m0/s1. The first kappa shape index (κ1) is 24.0. The van der Waals surface area contributed by atoms with Crippen molar-refractivity contribution in [2.75, 3.05) is 32.8 Å². The van der Waals surface area contributed by atoms with Gasteiger partial charge < -0.3 is 14.4 Å². The van der Waals surface area contributed by atoms with E-state index in [0.29, 0.717) is 24.5 Å². The number of aromatic nitrogens is 4. The van der Waals surface area contributed by atoms with E-state index >= 15 is 0 Å². The number of piperidine rings is 1. The molecule has 2 aliphatic heterocycles. The van der Waals surface area contributed by atoms with Crippen LogP contribution in [0, 0.1) is 5.41 Å². The van der Waals surface area contributed by atoms with Gasteiger partial charge in [0.25, 0.3) is 0 Å². The third-order valence-corrected chi connectivity index (χ3v) is 8.07. The Balaban J connectivity index is 1.22. The number of imidazole rings is 1. The van der Waals surface area contributed by atoms with Crippen molar-refractivity contribution in [1.82, 2.24) is 24.0 Å². The molecule has 1 atom stereocenters. The number of hydrogen-bond acceptors (Lipinski definition) is 6. The van der Waals surface area contributed by atoms with Crippen molar-refractivity contribution in [3.63, 3.8) is 0 Å². The van der Waals surface area contributed by atoms with Crippen LogP contribution in [-0.4, -0.2) is 56.9 Å². The van der Waals surface area contributed by atoms with Gasteiger partial charge in [0.2, 0.25) is 5.88 Å². The van der Waals surface area contributed by atoms with E-state index in [1.165, 1.54) is 25.9 Å². The third-order valence-electron chi connectivity index (χ3n) is 8.07. The molecule has 2 aliphatic rings. The first-order valence-electron chi connectivity index (χ1n) is 13.3. The largest absolute Gasteiger partial charge is 0.490 e. The summed E-state index contributed by atoms with van der Waals surface area (Å²) in [5.41, 5.74) is 4.81. The van der Waals surface area contributed by atoms with Crippen LogP contribution in [0.3, 0.4) is 0 Å². The summed E-state index contributed by atoms with van der Waals surface area (Å²) in [6, 6.07) is 7.87. The van der Waals surface area contributed by atoms with Crippen molar-refractivity contribution in [2.24, 2.45) is 12.5 Å². The molecule has 5 heterocycles. The Labute approximate surface area is 216 Å². The fraction of sp³-hybridized carbons (Fsp3) is 0.483. The molecular weight excluding hydrogens is 466 g/mol. The molecule has 194 valence electrons. The number of aryl methyl sites for hydroxylation is 1. The maximum atomic E-state index is 13.0. The van der Waals surface area contributed by atoms with Crippen LogP contribution in [0.25, 0.3) is 33.1 Å². The van der Waals surface area contributed by atoms with E-state index in [4.69, 9.17) is 9.47 Å². The highest BCUT2D eigenvalue weighted by atomic mass is 16.5. The molecule has 6 rings (SSSR count). The zero-order valence-electron chi connectivity index (χ0n) is 22.2. The SMILES string of the molecule is C[C@H]1COc2c(-c3ccc(OCCCN4CCC(C)(C)CC4)nc3)ccc3ncc4c(c23)n1c(=O)n4C. The van der Waals surface area contributed by atoms with Gasteiger partial charge in [-0.15, -0.1) is 0 Å². The maximum Gasteiger partial charge on any atom is 0.329 e. The van der Waals surface area contributed by atoms with Crippen LogP contribution < -0.4 is 15.2 Å². The minimum Gasteiger partial charge on any atom is -0.490 e. The minimum atomic E-state index is -0.0904. The summed E-state index contributed by atoms with van der Waals surface area (Å²) in [5, 5.41) is 0.874. The van der Waals surface area contributed by atoms with Gasteiger partial charge in [-0.05, 0) is 62.9 Å². The second-order valence-corrected chi connectivity index (χ2v) is 11.3. The highest BCUT2D eigenvalue weighted by molar-refractivity contribution is 6.09. The molecule has 0 N–H and O–H groups in total. The number of ether oxygens (including phenoxy) is 2. The lowest BCUT2D eigenvalue weighted by Gasteiger charge is -2.36. The fourth-order valence-corrected chi connectivity index (χ4v) is 5.61. The van der Waals surface area contributed by atoms with Gasteiger partial charge >= 0.3 is 5.69 Å². The number of benzene rings is 1. The molecule has 0 spiro atoms. The van der Waals surface area contributed by atoms with Gasteiger partial charge in [0, 0.05) is 37.0 Å². The zero-order valence-corrected chi connectivity index (χ0v) is 22.2. The number of hydrogen-bond donors (Lipinski definition) is 0. The second-order valence-electron chi connectivity index (χ2n) is 11.3. The quantitative estimate of drug-likeness (QED) is 0.354. The zero-order chi connectivity index (χ0) is 25.7.